The molecule has 0 fully saturated rings. The summed E-state index contributed by atoms with van der Waals surface area (Å²) in [4.78, 5) is 0.779. The van der Waals surface area contributed by atoms with Crippen LogP contribution in [0.3, 0.4) is 0 Å². The second-order valence-electron chi connectivity index (χ2n) is 4.08. The van der Waals surface area contributed by atoms with Crippen molar-refractivity contribution in [1.29, 1.82) is 0 Å². The monoisotopic (exact) mass is 431 g/mol. The first-order valence-electron chi connectivity index (χ1n) is 5.92. The number of aryl methyl sites for hydroxylation is 2. The summed E-state index contributed by atoms with van der Waals surface area (Å²) in [6, 6.07) is 15.3. The van der Waals surface area contributed by atoms with Crippen LogP contribution in [0.2, 0.25) is 0 Å². The topological polar surface area (TPSA) is 93.1 Å². The smallest absolute Gasteiger partial charge is 0.247 e. The molecule has 0 saturated carbocycles. The molecule has 123 valence electrons. The van der Waals surface area contributed by atoms with Crippen LogP contribution in [0.5, 0.6) is 0 Å². The summed E-state index contributed by atoms with van der Waals surface area (Å²) >= 11 is 0.944. The maximum atomic E-state index is 10.6. The zero-order chi connectivity index (χ0) is 16.6. The zero-order valence-corrected chi connectivity index (χ0v) is 16.9. The first-order valence-corrected chi connectivity index (χ1v) is 8.10. The first-order chi connectivity index (χ1) is 10.4. The van der Waals surface area contributed by atoms with Gasteiger partial charge in [-0.1, -0.05) is 23.8 Å². The average molecular weight is 431 g/mol. The maximum absolute atomic E-state index is 10.6. The van der Waals surface area contributed by atoms with E-state index in [1.54, 1.807) is 31.2 Å². The fourth-order valence-electron chi connectivity index (χ4n) is 1.41. The Kier molecular flexibility index (Phi) is 11.1. The van der Waals surface area contributed by atoms with Gasteiger partial charge >= 0.3 is 0 Å². The maximum Gasteiger partial charge on any atom is 0.247 e. The zero-order valence-electron chi connectivity index (χ0n) is 12.4. The summed E-state index contributed by atoms with van der Waals surface area (Å²) < 4.78 is 34.1. The summed E-state index contributed by atoms with van der Waals surface area (Å²) in [6.07, 6.45) is 0. The molecule has 0 spiro atoms. The van der Waals surface area contributed by atoms with Gasteiger partial charge in [-0.15, -0.1) is 15.5 Å². The third-order valence-corrected chi connectivity index (χ3v) is 4.24. The van der Waals surface area contributed by atoms with E-state index in [2.05, 4.69) is 21.5 Å². The minimum atomic E-state index is -4.06. The van der Waals surface area contributed by atoms with Gasteiger partial charge in [-0.2, -0.15) is 48.5 Å². The molecule has 2 N–H and O–H groups in total. The minimum Gasteiger partial charge on any atom is -0.291 e. The summed E-state index contributed by atoms with van der Waals surface area (Å²) in [6.45, 7) is 3.54. The Morgan fingerprint density at radius 1 is 1.09 bits per heavy atom. The Hall–Kier alpha value is -0.316. The Labute approximate surface area is 164 Å². The summed E-state index contributed by atoms with van der Waals surface area (Å²) in [5, 5.41) is 11.3. The van der Waals surface area contributed by atoms with E-state index in [0.29, 0.717) is 5.56 Å². The largest absolute Gasteiger partial charge is 0.291 e. The number of hydrogen-bond donors (Lipinski definition) is 2. The molecule has 0 heterocycles. The van der Waals surface area contributed by atoms with E-state index in [4.69, 9.17) is 9.81 Å². The van der Waals surface area contributed by atoms with Crippen LogP contribution in [0, 0.1) is 26.0 Å². The molecule has 1 radical (unpaired) electrons. The van der Waals surface area contributed by atoms with Crippen molar-refractivity contribution in [3.05, 3.63) is 59.7 Å². The molecule has 0 aromatic heterocycles. The molecule has 0 amide bonds. The molecule has 0 aliphatic heterocycles. The van der Waals surface area contributed by atoms with Crippen molar-refractivity contribution >= 4 is 22.2 Å². The van der Waals surface area contributed by atoms with Gasteiger partial charge in [-0.05, 0) is 4.90 Å². The van der Waals surface area contributed by atoms with Crippen LogP contribution in [0.25, 0.3) is 0 Å². The van der Waals surface area contributed by atoms with E-state index >= 15 is 0 Å². The van der Waals surface area contributed by atoms with Crippen molar-refractivity contribution in [3.63, 3.8) is 0 Å². The predicted molar refractivity (Wildman–Crippen MR) is 80.5 cm³/mol. The van der Waals surface area contributed by atoms with Gasteiger partial charge in [-0.25, -0.2) is 13.7 Å². The van der Waals surface area contributed by atoms with Gasteiger partial charge in [0.15, 0.2) is 0 Å². The van der Waals surface area contributed by atoms with E-state index < -0.39 is 10.1 Å². The first kappa shape index (κ1) is 22.7. The quantitative estimate of drug-likeness (QED) is 0.252. The van der Waals surface area contributed by atoms with Crippen molar-refractivity contribution in [2.45, 2.75) is 23.6 Å². The third kappa shape index (κ3) is 8.37. The number of rotatable bonds is 4. The van der Waals surface area contributed by atoms with Gasteiger partial charge < -0.3 is 0 Å². The van der Waals surface area contributed by atoms with Gasteiger partial charge in [0.2, 0.25) is 10.1 Å². The van der Waals surface area contributed by atoms with Crippen molar-refractivity contribution in [2.24, 2.45) is 0 Å². The third-order valence-electron chi connectivity index (χ3n) is 2.50. The minimum absolute atomic E-state index is 0. The van der Waals surface area contributed by atoms with Gasteiger partial charge in [-0.3, -0.25) is 4.55 Å². The Morgan fingerprint density at radius 3 is 2.09 bits per heavy atom. The van der Waals surface area contributed by atoms with Crippen LogP contribution in [-0.2, 0) is 52.2 Å². The second-order valence-corrected chi connectivity index (χ2v) is 6.22. The number of benzene rings is 2. The fourth-order valence-corrected chi connectivity index (χ4v) is 2.52. The van der Waals surface area contributed by atoms with E-state index in [1.807, 2.05) is 13.0 Å². The van der Waals surface area contributed by atoms with Crippen molar-refractivity contribution in [1.82, 2.24) is 0 Å². The molecule has 2 rings (SSSR count). The van der Waals surface area contributed by atoms with E-state index in [-0.39, 0.29) is 37.6 Å². The molecule has 0 bridgehead atoms. The molecule has 0 atom stereocenters. The van der Waals surface area contributed by atoms with Crippen LogP contribution in [0.4, 0.5) is 0 Å². The van der Waals surface area contributed by atoms with Crippen LogP contribution in [-0.4, -0.2) is 18.2 Å². The van der Waals surface area contributed by atoms with Gasteiger partial charge in [0.25, 0.3) is 0 Å². The molecule has 0 unspecified atom stereocenters. The van der Waals surface area contributed by atoms with Gasteiger partial charge in [0.1, 0.15) is 0 Å². The van der Waals surface area contributed by atoms with E-state index in [0.717, 1.165) is 22.5 Å². The second kappa shape index (κ2) is 11.3. The molecule has 0 aliphatic rings. The van der Waals surface area contributed by atoms with Crippen molar-refractivity contribution in [3.8, 4) is 0 Å². The van der Waals surface area contributed by atoms with E-state index in [1.165, 1.54) is 6.07 Å². The fraction of sp³-hybridized carbons (Fsp3) is 0.143. The summed E-state index contributed by atoms with van der Waals surface area (Å²) in [5.41, 5.74) is 1.57. The van der Waals surface area contributed by atoms with Crippen LogP contribution < -0.4 is 0 Å². The summed E-state index contributed by atoms with van der Waals surface area (Å²) in [7, 11) is -4.06. The normalized spacial score (nSPS) is 10.3. The van der Waals surface area contributed by atoms with Crippen LogP contribution in [0.1, 0.15) is 11.1 Å². The van der Waals surface area contributed by atoms with Crippen molar-refractivity contribution in [2.75, 3.05) is 0 Å². The van der Waals surface area contributed by atoms with Crippen LogP contribution in [0.15, 0.2) is 46.2 Å². The molecular formula is C14H14O6S2Y-2. The van der Waals surface area contributed by atoms with Gasteiger partial charge in [0, 0.05) is 44.8 Å². The number of hydrogen-bond acceptors (Lipinski definition) is 6. The molecule has 0 saturated heterocycles. The molecule has 2 aromatic carbocycles. The molecule has 23 heavy (non-hydrogen) atoms. The molecule has 0 aliphatic carbocycles. The van der Waals surface area contributed by atoms with Gasteiger partial charge in [0.05, 0.1) is 0 Å². The van der Waals surface area contributed by atoms with Crippen LogP contribution >= 0.6 is 12.0 Å². The molecule has 6 nitrogen and oxygen atoms in total. The summed E-state index contributed by atoms with van der Waals surface area (Å²) in [5.74, 6) is 0. The molecule has 9 heteroatoms. The average Bonchev–Trinajstić information content (AvgIpc) is 2.46. The Morgan fingerprint density at radius 2 is 1.65 bits per heavy atom. The molecular weight excluding hydrogens is 417 g/mol. The van der Waals surface area contributed by atoms with Crippen molar-refractivity contribution < 1.29 is 60.3 Å². The Bertz CT molecular complexity index is 706. The molecule has 2 aromatic rings. The Balaban J connectivity index is 0.000000403. The standard InChI is InChI=1S/2C7H7O3S.Y/c1-6-4-2-3-5-7(6)11(8,9)10;1-6-4-2-3-5-7(6)11-10-9-8;/h2,4-5H,1H3,(H,8,9,10);2,4-5,8H,1H3;/q2*-1;. The SMILES string of the molecule is Cc1cc[c-]cc1S(=O)(=O)O.Cc1cc[c-]cc1SOOO.[Y]. The van der Waals surface area contributed by atoms with E-state index in [9.17, 15) is 8.42 Å². The predicted octanol–water partition coefficient (Wildman–Crippen LogP) is 3.26.